The Morgan fingerprint density at radius 2 is 1.96 bits per heavy atom. The molecule has 1 aromatic heterocycles. The van der Waals surface area contributed by atoms with Gasteiger partial charge in [0.15, 0.2) is 0 Å². The number of aryl methyl sites for hydroxylation is 1. The summed E-state index contributed by atoms with van der Waals surface area (Å²) in [7, 11) is 0. The third kappa shape index (κ3) is 3.15. The summed E-state index contributed by atoms with van der Waals surface area (Å²) in [5.41, 5.74) is 8.16. The van der Waals surface area contributed by atoms with Crippen molar-refractivity contribution in [3.05, 3.63) is 88.0 Å². The second-order valence-electron chi connectivity index (χ2n) is 5.75. The number of para-hydroxylation sites is 1. The number of benzene rings is 2. The molecule has 0 unspecified atom stereocenters. The average Bonchev–Trinajstić information content (AvgIpc) is 2.69. The van der Waals surface area contributed by atoms with E-state index in [-0.39, 0.29) is 5.56 Å². The van der Waals surface area contributed by atoms with Crippen LogP contribution in [0.15, 0.2) is 71.2 Å². The van der Waals surface area contributed by atoms with Crippen molar-refractivity contribution >= 4 is 17.0 Å². The molecule has 0 atom stereocenters. The number of pyridine rings is 1. The molecule has 0 aliphatic carbocycles. The van der Waals surface area contributed by atoms with E-state index in [0.29, 0.717) is 16.5 Å². The van der Waals surface area contributed by atoms with Crippen molar-refractivity contribution in [1.29, 1.82) is 5.41 Å². The molecule has 2 aromatic carbocycles. The molecule has 0 spiro atoms. The van der Waals surface area contributed by atoms with Crippen molar-refractivity contribution in [3.63, 3.8) is 0 Å². The van der Waals surface area contributed by atoms with Gasteiger partial charge in [-0.2, -0.15) is 0 Å². The Bertz CT molecular complexity index is 1110. The zero-order chi connectivity index (χ0) is 18.5. The van der Waals surface area contributed by atoms with Crippen molar-refractivity contribution in [1.82, 2.24) is 4.57 Å². The number of nitrogens with two attached hydrogens (primary N) is 1. The fraction of sp³-hybridized carbons (Fsp3) is 0.0909. The summed E-state index contributed by atoms with van der Waals surface area (Å²) in [6, 6.07) is 17.3. The highest BCUT2D eigenvalue weighted by Crippen LogP contribution is 2.19. The first-order valence-electron chi connectivity index (χ1n) is 8.37. The Kier molecular flexibility index (Phi) is 5.00. The second kappa shape index (κ2) is 7.54. The van der Waals surface area contributed by atoms with Crippen LogP contribution in [-0.4, -0.2) is 10.8 Å². The van der Waals surface area contributed by atoms with Crippen LogP contribution in [0.25, 0.3) is 16.5 Å². The van der Waals surface area contributed by atoms with Gasteiger partial charge in [-0.15, -0.1) is 0 Å². The van der Waals surface area contributed by atoms with Gasteiger partial charge in [0, 0.05) is 29.4 Å². The SMILES string of the molecule is CCc1cc2cccc(C#C/C(C=N)=C/N)c2c(=O)n1-c1ccccc1. The van der Waals surface area contributed by atoms with Crippen molar-refractivity contribution in [3.8, 4) is 17.5 Å². The minimum atomic E-state index is -0.0939. The van der Waals surface area contributed by atoms with Gasteiger partial charge in [0.1, 0.15) is 0 Å². The zero-order valence-electron chi connectivity index (χ0n) is 14.5. The van der Waals surface area contributed by atoms with Crippen molar-refractivity contribution in [2.75, 3.05) is 0 Å². The van der Waals surface area contributed by atoms with Crippen molar-refractivity contribution < 1.29 is 0 Å². The molecule has 4 heteroatoms. The highest BCUT2D eigenvalue weighted by molar-refractivity contribution is 5.89. The zero-order valence-corrected chi connectivity index (χ0v) is 14.5. The second-order valence-corrected chi connectivity index (χ2v) is 5.75. The van der Waals surface area contributed by atoms with Gasteiger partial charge in [-0.3, -0.25) is 9.36 Å². The Morgan fingerprint density at radius 3 is 2.62 bits per heavy atom. The minimum Gasteiger partial charge on any atom is -0.404 e. The molecule has 3 N–H and O–H groups in total. The smallest absolute Gasteiger partial charge is 0.264 e. The third-order valence-electron chi connectivity index (χ3n) is 4.18. The Hall–Kier alpha value is -3.58. The molecule has 4 nitrogen and oxygen atoms in total. The van der Waals surface area contributed by atoms with Crippen molar-refractivity contribution in [2.45, 2.75) is 13.3 Å². The summed E-state index contributed by atoms with van der Waals surface area (Å²) < 4.78 is 1.74. The highest BCUT2D eigenvalue weighted by Gasteiger charge is 2.12. The number of allylic oxidation sites excluding steroid dienone is 1. The molecular formula is C22H19N3O. The van der Waals surface area contributed by atoms with Crippen LogP contribution >= 0.6 is 0 Å². The molecule has 0 bridgehead atoms. The maximum absolute atomic E-state index is 13.3. The van der Waals surface area contributed by atoms with E-state index in [0.717, 1.165) is 29.4 Å². The van der Waals surface area contributed by atoms with E-state index in [2.05, 4.69) is 11.8 Å². The largest absolute Gasteiger partial charge is 0.404 e. The van der Waals surface area contributed by atoms with Gasteiger partial charge in [0.2, 0.25) is 0 Å². The van der Waals surface area contributed by atoms with Crippen LogP contribution in [0.4, 0.5) is 0 Å². The fourth-order valence-corrected chi connectivity index (χ4v) is 2.91. The van der Waals surface area contributed by atoms with Crippen LogP contribution in [-0.2, 0) is 6.42 Å². The molecular weight excluding hydrogens is 322 g/mol. The number of fused-ring (bicyclic) bond motifs is 1. The van der Waals surface area contributed by atoms with E-state index in [9.17, 15) is 4.79 Å². The van der Waals surface area contributed by atoms with Gasteiger partial charge >= 0.3 is 0 Å². The molecule has 0 amide bonds. The number of aromatic nitrogens is 1. The summed E-state index contributed by atoms with van der Waals surface area (Å²) in [6.07, 6.45) is 3.11. The van der Waals surface area contributed by atoms with Crippen LogP contribution in [0.5, 0.6) is 0 Å². The first kappa shape index (κ1) is 17.2. The molecule has 128 valence electrons. The normalized spacial score (nSPS) is 11.0. The Morgan fingerprint density at radius 1 is 1.19 bits per heavy atom. The molecule has 0 saturated carbocycles. The van der Waals surface area contributed by atoms with Crippen LogP contribution in [0.1, 0.15) is 18.2 Å². The molecule has 3 aromatic rings. The van der Waals surface area contributed by atoms with Crippen LogP contribution in [0.2, 0.25) is 0 Å². The number of nitrogens with zero attached hydrogens (tertiary/aromatic N) is 1. The van der Waals surface area contributed by atoms with Gasteiger partial charge in [-0.25, -0.2) is 0 Å². The van der Waals surface area contributed by atoms with Gasteiger partial charge < -0.3 is 11.1 Å². The van der Waals surface area contributed by atoms with E-state index in [4.69, 9.17) is 11.1 Å². The predicted octanol–water partition coefficient (Wildman–Crippen LogP) is 3.40. The first-order valence-corrected chi connectivity index (χ1v) is 8.37. The molecule has 0 fully saturated rings. The fourth-order valence-electron chi connectivity index (χ4n) is 2.91. The minimum absolute atomic E-state index is 0.0939. The monoisotopic (exact) mass is 341 g/mol. The van der Waals surface area contributed by atoms with Crippen molar-refractivity contribution in [2.24, 2.45) is 5.73 Å². The van der Waals surface area contributed by atoms with Crippen LogP contribution in [0.3, 0.4) is 0 Å². The van der Waals surface area contributed by atoms with E-state index < -0.39 is 0 Å². The summed E-state index contributed by atoms with van der Waals surface area (Å²) in [4.78, 5) is 13.3. The highest BCUT2D eigenvalue weighted by atomic mass is 16.1. The number of rotatable bonds is 3. The lowest BCUT2D eigenvalue weighted by atomic mass is 10.0. The lowest BCUT2D eigenvalue weighted by Crippen LogP contribution is -2.22. The lowest BCUT2D eigenvalue weighted by Gasteiger charge is -2.14. The van der Waals surface area contributed by atoms with Gasteiger partial charge in [0.05, 0.1) is 11.0 Å². The van der Waals surface area contributed by atoms with E-state index >= 15 is 0 Å². The maximum atomic E-state index is 13.3. The van der Waals surface area contributed by atoms with Crippen LogP contribution < -0.4 is 11.3 Å². The first-order chi connectivity index (χ1) is 12.7. The summed E-state index contributed by atoms with van der Waals surface area (Å²) in [5.74, 6) is 5.82. The summed E-state index contributed by atoms with van der Waals surface area (Å²) in [6.45, 7) is 2.03. The van der Waals surface area contributed by atoms with Gasteiger partial charge in [-0.05, 0) is 36.1 Å². The molecule has 1 heterocycles. The van der Waals surface area contributed by atoms with Gasteiger partial charge in [-0.1, -0.05) is 49.1 Å². The Balaban J connectivity index is 2.34. The molecule has 0 aliphatic heterocycles. The predicted molar refractivity (Wildman–Crippen MR) is 107 cm³/mol. The maximum Gasteiger partial charge on any atom is 0.264 e. The molecule has 3 rings (SSSR count). The molecule has 0 aliphatic rings. The van der Waals surface area contributed by atoms with E-state index in [1.165, 1.54) is 6.20 Å². The van der Waals surface area contributed by atoms with Gasteiger partial charge in [0.25, 0.3) is 5.56 Å². The molecule has 0 saturated heterocycles. The van der Waals surface area contributed by atoms with E-state index in [1.807, 2.05) is 61.5 Å². The van der Waals surface area contributed by atoms with E-state index in [1.54, 1.807) is 4.57 Å². The number of hydrogen-bond acceptors (Lipinski definition) is 3. The molecule has 26 heavy (non-hydrogen) atoms. The summed E-state index contributed by atoms with van der Waals surface area (Å²) >= 11 is 0. The average molecular weight is 341 g/mol. The topological polar surface area (TPSA) is 71.9 Å². The van der Waals surface area contributed by atoms with Crippen LogP contribution in [0, 0.1) is 17.3 Å². The quantitative estimate of drug-likeness (QED) is 0.566. The third-order valence-corrected chi connectivity index (χ3v) is 4.18. The number of hydrogen-bond donors (Lipinski definition) is 2. The Labute approximate surface area is 152 Å². The number of nitrogens with one attached hydrogen (secondary N) is 1. The molecule has 0 radical (unpaired) electrons. The standard InChI is InChI=1S/C22H19N3O/c1-2-19-13-18-8-6-7-17(12-11-16(14-23)15-24)21(18)22(26)25(19)20-9-4-3-5-10-20/h3-10,13-15,23H,2,24H2,1H3/b16-15-,23-14?. The lowest BCUT2D eigenvalue weighted by molar-refractivity contribution is 0.889. The summed E-state index contributed by atoms with van der Waals surface area (Å²) in [5, 5.41) is 8.72.